The second kappa shape index (κ2) is 8.65. The van der Waals surface area contributed by atoms with Gasteiger partial charge in [0.15, 0.2) is 0 Å². The molecule has 6 nitrogen and oxygen atoms in total. The first kappa shape index (κ1) is 23.1. The zero-order chi connectivity index (χ0) is 9.00. The van der Waals surface area contributed by atoms with Gasteiger partial charge in [0.05, 0.1) is 0 Å². The highest BCUT2D eigenvalue weighted by Crippen LogP contribution is 2.26. The zero-order valence-electron chi connectivity index (χ0n) is 4.39. The Kier molecular flexibility index (Phi) is 16.7. The fourth-order valence-electron chi connectivity index (χ4n) is 0. The van der Waals surface area contributed by atoms with Gasteiger partial charge in [-0.05, 0) is 23.6 Å². The number of rotatable bonds is 0. The average Bonchev–Trinajstić information content (AvgIpc) is 1.12. The Morgan fingerprint density at radius 3 is 0.583 bits per heavy atom. The van der Waals surface area contributed by atoms with Gasteiger partial charge < -0.3 is 29.4 Å². The Morgan fingerprint density at radius 1 is 0.583 bits per heavy atom. The predicted molar refractivity (Wildman–Crippen MR) is 55.3 cm³/mol. The maximum atomic E-state index is 7.56. The van der Waals surface area contributed by atoms with E-state index in [-0.39, 0.29) is 14.9 Å². The normalized spacial score (nSPS) is 9.83. The minimum absolute atomic E-state index is 0. The molecule has 6 N–H and O–H groups in total. The van der Waals surface area contributed by atoms with E-state index in [2.05, 4.69) is 23.6 Å². The standard InChI is InChI=1S/2CH4.2H3O3PS/c;;2*1-4(2,3)5/h2*1H4;2*(H3,1,2,3,5). The molecule has 0 aromatic carbocycles. The molecule has 12 heavy (non-hydrogen) atoms. The highest BCUT2D eigenvalue weighted by molar-refractivity contribution is 8.06. The first-order valence-corrected chi connectivity index (χ1v) is 6.89. The molecule has 0 aromatic heterocycles. The molecular formula is C2H14O6P2S2. The van der Waals surface area contributed by atoms with Crippen molar-refractivity contribution >= 4 is 37.1 Å². The van der Waals surface area contributed by atoms with E-state index in [0.29, 0.717) is 0 Å². The van der Waals surface area contributed by atoms with Gasteiger partial charge in [-0.2, -0.15) is 0 Å². The summed E-state index contributed by atoms with van der Waals surface area (Å²) in [5, 5.41) is 0. The van der Waals surface area contributed by atoms with Crippen LogP contribution < -0.4 is 0 Å². The maximum absolute atomic E-state index is 7.56. The molecule has 0 aliphatic heterocycles. The monoisotopic (exact) mass is 260 g/mol. The Morgan fingerprint density at radius 2 is 0.583 bits per heavy atom. The molecule has 0 rings (SSSR count). The van der Waals surface area contributed by atoms with Crippen molar-refractivity contribution in [2.24, 2.45) is 0 Å². The van der Waals surface area contributed by atoms with E-state index < -0.39 is 13.4 Å². The molecule has 0 aliphatic carbocycles. The molecule has 0 atom stereocenters. The molecule has 80 valence electrons. The largest absolute Gasteiger partial charge is 0.325 e. The first-order chi connectivity index (χ1) is 4.00. The van der Waals surface area contributed by atoms with E-state index in [9.17, 15) is 0 Å². The van der Waals surface area contributed by atoms with Crippen LogP contribution in [-0.4, -0.2) is 29.4 Å². The molecule has 0 fully saturated rings. The van der Waals surface area contributed by atoms with Gasteiger partial charge in [-0.25, -0.2) is 0 Å². The van der Waals surface area contributed by atoms with Gasteiger partial charge in [0.25, 0.3) is 0 Å². The summed E-state index contributed by atoms with van der Waals surface area (Å²) in [7, 11) is 0. The maximum Gasteiger partial charge on any atom is 0.319 e. The van der Waals surface area contributed by atoms with Crippen molar-refractivity contribution in [3.8, 4) is 0 Å². The van der Waals surface area contributed by atoms with Crippen molar-refractivity contribution in [2.75, 3.05) is 0 Å². The van der Waals surface area contributed by atoms with Gasteiger partial charge in [0, 0.05) is 0 Å². The van der Waals surface area contributed by atoms with Gasteiger partial charge in [-0.3, -0.25) is 0 Å². The van der Waals surface area contributed by atoms with E-state index in [1.807, 2.05) is 0 Å². The van der Waals surface area contributed by atoms with E-state index >= 15 is 0 Å². The lowest BCUT2D eigenvalue weighted by atomic mass is 12.0. The summed E-state index contributed by atoms with van der Waals surface area (Å²) in [4.78, 5) is 45.3. The summed E-state index contributed by atoms with van der Waals surface area (Å²) in [5.41, 5.74) is 0. The van der Waals surface area contributed by atoms with Gasteiger partial charge in [-0.15, -0.1) is 0 Å². The molecule has 0 heterocycles. The lowest BCUT2D eigenvalue weighted by Crippen LogP contribution is -1.65. The van der Waals surface area contributed by atoms with Crippen LogP contribution in [0.3, 0.4) is 0 Å². The van der Waals surface area contributed by atoms with Gasteiger partial charge in [0.2, 0.25) is 0 Å². The van der Waals surface area contributed by atoms with E-state index in [4.69, 9.17) is 29.4 Å². The van der Waals surface area contributed by atoms with Crippen molar-refractivity contribution < 1.29 is 29.4 Å². The van der Waals surface area contributed by atoms with Crippen LogP contribution in [0.5, 0.6) is 0 Å². The Balaban J connectivity index is -0.0000000457. The summed E-state index contributed by atoms with van der Waals surface area (Å²) in [5.74, 6) is 0. The molecule has 0 radical (unpaired) electrons. The van der Waals surface area contributed by atoms with Crippen LogP contribution in [-0.2, 0) is 23.6 Å². The molecule has 0 unspecified atom stereocenters. The summed E-state index contributed by atoms with van der Waals surface area (Å²) in [6.45, 7) is -7.61. The lowest BCUT2D eigenvalue weighted by Gasteiger charge is -1.88. The van der Waals surface area contributed by atoms with Crippen molar-refractivity contribution in [2.45, 2.75) is 14.9 Å². The smallest absolute Gasteiger partial charge is 0.319 e. The highest BCUT2D eigenvalue weighted by atomic mass is 32.5. The van der Waals surface area contributed by atoms with Crippen molar-refractivity contribution in [1.82, 2.24) is 0 Å². The third kappa shape index (κ3) is 996. The van der Waals surface area contributed by atoms with E-state index in [0.717, 1.165) is 0 Å². The third-order valence-corrected chi connectivity index (χ3v) is 0. The molecule has 0 aliphatic rings. The average molecular weight is 260 g/mol. The minimum Gasteiger partial charge on any atom is -0.325 e. The summed E-state index contributed by atoms with van der Waals surface area (Å²) in [6, 6.07) is 0. The summed E-state index contributed by atoms with van der Waals surface area (Å²) in [6.07, 6.45) is 0. The number of hydrogen-bond acceptors (Lipinski definition) is 2. The van der Waals surface area contributed by atoms with E-state index in [1.54, 1.807) is 0 Å². The Labute approximate surface area is 81.6 Å². The van der Waals surface area contributed by atoms with Crippen LogP contribution in [0, 0.1) is 0 Å². The van der Waals surface area contributed by atoms with Crippen LogP contribution in [0.2, 0.25) is 0 Å². The fraction of sp³-hybridized carbons (Fsp3) is 1.00. The molecule has 0 saturated heterocycles. The highest BCUT2D eigenvalue weighted by Gasteiger charge is 1.92. The molecule has 10 heteroatoms. The van der Waals surface area contributed by atoms with Crippen molar-refractivity contribution in [3.05, 3.63) is 0 Å². The second-order valence-corrected chi connectivity index (χ2v) is 6.02. The quantitative estimate of drug-likeness (QED) is 0.327. The molecule has 0 spiro atoms. The fourth-order valence-corrected chi connectivity index (χ4v) is 0. The van der Waals surface area contributed by atoms with E-state index in [1.165, 1.54) is 0 Å². The molecule has 0 amide bonds. The SMILES string of the molecule is C.C.OP(O)(O)=S.OP(O)(O)=S. The van der Waals surface area contributed by atoms with Crippen molar-refractivity contribution in [3.63, 3.8) is 0 Å². The lowest BCUT2D eigenvalue weighted by molar-refractivity contribution is 0.361. The molecular weight excluding hydrogens is 246 g/mol. The van der Waals surface area contributed by atoms with Gasteiger partial charge >= 0.3 is 13.4 Å². The predicted octanol–water partition coefficient (Wildman–Crippen LogP) is -0.352. The first-order valence-electron chi connectivity index (χ1n) is 1.57. The molecule has 0 aromatic rings. The Hall–Kier alpha value is 1.06. The number of hydrogen-bond donors (Lipinski definition) is 6. The van der Waals surface area contributed by atoms with Crippen LogP contribution in [0.4, 0.5) is 0 Å². The second-order valence-electron chi connectivity index (χ2n) is 1.03. The van der Waals surface area contributed by atoms with Crippen LogP contribution in [0.25, 0.3) is 0 Å². The third-order valence-electron chi connectivity index (χ3n) is 0. The molecule has 0 bridgehead atoms. The Bertz CT molecular complexity index is 134. The summed E-state index contributed by atoms with van der Waals surface area (Å²) < 4.78 is 0. The van der Waals surface area contributed by atoms with Crippen LogP contribution >= 0.6 is 13.4 Å². The van der Waals surface area contributed by atoms with Crippen LogP contribution in [0.15, 0.2) is 0 Å². The van der Waals surface area contributed by atoms with Gasteiger partial charge in [-0.1, -0.05) is 14.9 Å². The van der Waals surface area contributed by atoms with Crippen LogP contribution in [0.1, 0.15) is 14.9 Å². The molecule has 0 saturated carbocycles. The van der Waals surface area contributed by atoms with Crippen molar-refractivity contribution in [1.29, 1.82) is 0 Å². The van der Waals surface area contributed by atoms with Gasteiger partial charge in [0.1, 0.15) is 0 Å². The summed E-state index contributed by atoms with van der Waals surface area (Å²) >= 11 is 7.21. The zero-order valence-corrected chi connectivity index (χ0v) is 7.82. The minimum atomic E-state index is -3.81. The topological polar surface area (TPSA) is 121 Å².